The lowest BCUT2D eigenvalue weighted by Gasteiger charge is -2.18. The molecule has 1 atom stereocenters. The van der Waals surface area contributed by atoms with Crippen molar-refractivity contribution in [2.24, 2.45) is 0 Å². The van der Waals surface area contributed by atoms with Gasteiger partial charge >= 0.3 is 0 Å². The fourth-order valence-corrected chi connectivity index (χ4v) is 3.38. The predicted octanol–water partition coefficient (Wildman–Crippen LogP) is 3.29. The molecule has 0 spiro atoms. The molecule has 2 heterocycles. The van der Waals surface area contributed by atoms with Gasteiger partial charge in [-0.25, -0.2) is 10.3 Å². The maximum Gasteiger partial charge on any atom is 0.209 e. The van der Waals surface area contributed by atoms with E-state index in [2.05, 4.69) is 10.3 Å². The molecule has 1 aliphatic rings. The molecule has 1 unspecified atom stereocenters. The minimum Gasteiger partial charge on any atom is -0.290 e. The second-order valence-electron chi connectivity index (χ2n) is 4.41. The van der Waals surface area contributed by atoms with Crippen molar-refractivity contribution in [1.82, 2.24) is 10.3 Å². The zero-order valence-electron chi connectivity index (χ0n) is 9.73. The zero-order chi connectivity index (χ0) is 12.5. The summed E-state index contributed by atoms with van der Waals surface area (Å²) in [7, 11) is 0. The summed E-state index contributed by atoms with van der Waals surface area (Å²) in [5, 5.41) is 5.62. The van der Waals surface area contributed by atoms with Gasteiger partial charge in [0.15, 0.2) is 5.01 Å². The monoisotopic (exact) mass is 279 g/mol. The van der Waals surface area contributed by atoms with Gasteiger partial charge in [-0.05, 0) is 31.0 Å². The Morgan fingerprint density at radius 1 is 1.39 bits per heavy atom. The van der Waals surface area contributed by atoms with Gasteiger partial charge in [-0.15, -0.1) is 11.3 Å². The van der Waals surface area contributed by atoms with Crippen molar-refractivity contribution in [3.05, 3.63) is 28.2 Å². The molecule has 2 aromatic rings. The molecular weight excluding hydrogens is 268 g/mol. The van der Waals surface area contributed by atoms with Crippen LogP contribution in [0.5, 0.6) is 0 Å². The second kappa shape index (κ2) is 4.96. The van der Waals surface area contributed by atoms with Crippen molar-refractivity contribution in [2.45, 2.75) is 25.3 Å². The number of nitrogens with zero attached hydrogens (tertiary/aromatic N) is 2. The first-order valence-corrected chi connectivity index (χ1v) is 7.20. The van der Waals surface area contributed by atoms with E-state index in [0.717, 1.165) is 36.0 Å². The Labute approximate surface area is 114 Å². The first-order valence-electron chi connectivity index (χ1n) is 6.01. The summed E-state index contributed by atoms with van der Waals surface area (Å²) in [4.78, 5) is 16.7. The lowest BCUT2D eigenvalue weighted by molar-refractivity contribution is 0.0924. The molecule has 1 saturated heterocycles. The number of thiazole rings is 1. The van der Waals surface area contributed by atoms with Crippen LogP contribution in [0.1, 0.15) is 29.1 Å². The molecule has 1 radical (unpaired) electrons. The van der Waals surface area contributed by atoms with Crippen molar-refractivity contribution >= 4 is 38.9 Å². The molecule has 3 nitrogen and oxygen atoms in total. The maximum absolute atomic E-state index is 12.3. The van der Waals surface area contributed by atoms with E-state index in [-0.39, 0.29) is 11.8 Å². The van der Waals surface area contributed by atoms with E-state index in [1.54, 1.807) is 6.07 Å². The number of Topliss-reactive ketones (excluding diaryl/α,β-unsaturated/α-hetero) is 1. The number of fused-ring (bicyclic) bond motifs is 1. The van der Waals surface area contributed by atoms with Crippen LogP contribution in [0.4, 0.5) is 0 Å². The highest BCUT2D eigenvalue weighted by Crippen LogP contribution is 2.27. The second-order valence-corrected chi connectivity index (χ2v) is 5.88. The van der Waals surface area contributed by atoms with Crippen LogP contribution in [0, 0.1) is 0 Å². The summed E-state index contributed by atoms with van der Waals surface area (Å²) in [6.45, 7) is 0.799. The minimum atomic E-state index is -0.185. The van der Waals surface area contributed by atoms with Crippen LogP contribution < -0.4 is 5.32 Å². The van der Waals surface area contributed by atoms with E-state index in [4.69, 9.17) is 11.6 Å². The lowest BCUT2D eigenvalue weighted by Crippen LogP contribution is -2.35. The number of carbonyl (C=O) groups excluding carboxylic acids is 1. The number of piperidine rings is 1. The fourth-order valence-electron chi connectivity index (χ4n) is 2.15. The van der Waals surface area contributed by atoms with Crippen LogP contribution in [0.15, 0.2) is 18.2 Å². The molecule has 5 heteroatoms. The number of rotatable bonds is 2. The van der Waals surface area contributed by atoms with E-state index >= 15 is 0 Å². The molecule has 1 aromatic heterocycles. The summed E-state index contributed by atoms with van der Waals surface area (Å²) in [6, 6.07) is 5.31. The third-order valence-corrected chi connectivity index (χ3v) is 4.37. The largest absolute Gasteiger partial charge is 0.290 e. The van der Waals surface area contributed by atoms with Gasteiger partial charge in [0.1, 0.15) is 0 Å². The van der Waals surface area contributed by atoms with Crippen molar-refractivity contribution in [3.63, 3.8) is 0 Å². The van der Waals surface area contributed by atoms with Crippen molar-refractivity contribution in [1.29, 1.82) is 0 Å². The van der Waals surface area contributed by atoms with Gasteiger partial charge in [-0.2, -0.15) is 0 Å². The molecule has 1 aromatic carbocycles. The summed E-state index contributed by atoms with van der Waals surface area (Å²) >= 11 is 7.34. The van der Waals surface area contributed by atoms with E-state index < -0.39 is 0 Å². The van der Waals surface area contributed by atoms with Crippen molar-refractivity contribution in [3.8, 4) is 0 Å². The molecule has 0 N–H and O–H groups in total. The van der Waals surface area contributed by atoms with E-state index in [1.165, 1.54) is 11.3 Å². The van der Waals surface area contributed by atoms with Gasteiger partial charge in [0.2, 0.25) is 5.78 Å². The number of carbonyl (C=O) groups is 1. The first kappa shape index (κ1) is 12.1. The Morgan fingerprint density at radius 2 is 2.28 bits per heavy atom. The van der Waals surface area contributed by atoms with Crippen LogP contribution in [0.2, 0.25) is 5.02 Å². The molecule has 1 fully saturated rings. The topological polar surface area (TPSA) is 44.1 Å². The Bertz CT molecular complexity index is 590. The summed E-state index contributed by atoms with van der Waals surface area (Å²) in [5.41, 5.74) is 0.837. The highest BCUT2D eigenvalue weighted by molar-refractivity contribution is 7.20. The maximum atomic E-state index is 12.3. The summed E-state index contributed by atoms with van der Waals surface area (Å²) in [5.74, 6) is 0.0621. The number of ketones is 1. The van der Waals surface area contributed by atoms with Gasteiger partial charge < -0.3 is 0 Å². The Kier molecular flexibility index (Phi) is 3.33. The number of halogens is 1. The lowest BCUT2D eigenvalue weighted by atomic mass is 10.0. The highest BCUT2D eigenvalue weighted by Gasteiger charge is 2.25. The van der Waals surface area contributed by atoms with Gasteiger partial charge in [-0.3, -0.25) is 4.79 Å². The molecule has 93 valence electrons. The minimum absolute atomic E-state index is 0.0621. The van der Waals surface area contributed by atoms with E-state index in [1.807, 2.05) is 12.1 Å². The molecule has 1 aliphatic heterocycles. The van der Waals surface area contributed by atoms with Crippen LogP contribution in [-0.2, 0) is 0 Å². The summed E-state index contributed by atoms with van der Waals surface area (Å²) in [6.07, 6.45) is 3.03. The fraction of sp³-hybridized carbons (Fsp3) is 0.385. The zero-order valence-corrected chi connectivity index (χ0v) is 11.3. The average molecular weight is 280 g/mol. The molecule has 0 bridgehead atoms. The summed E-state index contributed by atoms with van der Waals surface area (Å²) < 4.78 is 0.960. The number of hydrogen-bond acceptors (Lipinski definition) is 3. The molecule has 18 heavy (non-hydrogen) atoms. The Morgan fingerprint density at radius 3 is 3.06 bits per heavy atom. The molecule has 3 rings (SSSR count). The smallest absolute Gasteiger partial charge is 0.209 e. The van der Waals surface area contributed by atoms with Gasteiger partial charge in [0.05, 0.1) is 16.3 Å². The third-order valence-electron chi connectivity index (χ3n) is 3.10. The average Bonchev–Trinajstić information content (AvgIpc) is 2.81. The highest BCUT2D eigenvalue weighted by atomic mass is 35.5. The van der Waals surface area contributed by atoms with E-state index in [9.17, 15) is 4.79 Å². The Hall–Kier alpha value is -0.970. The van der Waals surface area contributed by atoms with Gasteiger partial charge in [0.25, 0.3) is 0 Å². The number of aromatic nitrogens is 1. The van der Waals surface area contributed by atoms with Crippen molar-refractivity contribution in [2.75, 3.05) is 6.54 Å². The quantitative estimate of drug-likeness (QED) is 0.792. The molecule has 0 amide bonds. The van der Waals surface area contributed by atoms with E-state index in [0.29, 0.717) is 10.0 Å². The molecular formula is C13H12ClN2OS. The standard InChI is InChI=1S/C13H12ClN2OS/c14-8-4-5-9-11(7-8)18-13(16-9)12(17)10-3-1-2-6-15-10/h4-5,7,10H,1-3,6H2. The van der Waals surface area contributed by atoms with Gasteiger partial charge in [0, 0.05) is 11.6 Å². The van der Waals surface area contributed by atoms with Crippen LogP contribution in [0.25, 0.3) is 10.2 Å². The normalized spacial score (nSPS) is 20.2. The number of hydrogen-bond donors (Lipinski definition) is 0. The predicted molar refractivity (Wildman–Crippen MR) is 73.6 cm³/mol. The van der Waals surface area contributed by atoms with Crippen LogP contribution >= 0.6 is 22.9 Å². The number of benzene rings is 1. The van der Waals surface area contributed by atoms with Gasteiger partial charge in [-0.1, -0.05) is 18.0 Å². The first-order chi connectivity index (χ1) is 8.74. The third kappa shape index (κ3) is 2.28. The Balaban J connectivity index is 1.91. The van der Waals surface area contributed by atoms with Crippen LogP contribution in [0.3, 0.4) is 0 Å². The van der Waals surface area contributed by atoms with Crippen molar-refractivity contribution < 1.29 is 4.79 Å². The van der Waals surface area contributed by atoms with Crippen LogP contribution in [-0.4, -0.2) is 23.4 Å². The SMILES string of the molecule is O=C(c1nc2ccc(Cl)cc2s1)C1CCCC[N]1. The molecule has 0 aliphatic carbocycles. The molecule has 0 saturated carbocycles.